The second-order valence-electron chi connectivity index (χ2n) is 9.17. The van der Waals surface area contributed by atoms with E-state index in [-0.39, 0.29) is 30.4 Å². The van der Waals surface area contributed by atoms with Crippen LogP contribution in [0.1, 0.15) is 52.7 Å². The molecule has 2 heterocycles. The largest absolute Gasteiger partial charge is 0.493 e. The molecule has 2 atom stereocenters. The Labute approximate surface area is 217 Å². The first-order valence-electron chi connectivity index (χ1n) is 12.4. The number of para-hydroxylation sites is 2. The molecule has 1 aliphatic heterocycles. The first kappa shape index (κ1) is 25.8. The van der Waals surface area contributed by atoms with Crippen molar-refractivity contribution in [2.24, 2.45) is 0 Å². The molecule has 0 aliphatic carbocycles. The number of rotatable bonds is 9. The summed E-state index contributed by atoms with van der Waals surface area (Å²) >= 11 is 1.72. The Kier molecular flexibility index (Phi) is 8.31. The quantitative estimate of drug-likeness (QED) is 0.384. The lowest BCUT2D eigenvalue weighted by atomic mass is 10.00. The van der Waals surface area contributed by atoms with E-state index in [1.165, 1.54) is 4.88 Å². The maximum Gasteiger partial charge on any atom is 0.254 e. The molecule has 2 aromatic carbocycles. The Morgan fingerprint density at radius 2 is 1.83 bits per heavy atom. The zero-order valence-electron chi connectivity index (χ0n) is 21.4. The molecule has 1 aliphatic rings. The number of ether oxygens (including phenoxy) is 2. The number of methoxy groups -OCH3 is 1. The molecule has 4 rings (SSSR count). The lowest BCUT2D eigenvalue weighted by molar-refractivity contribution is -0.136. The first-order chi connectivity index (χ1) is 17.4. The maximum absolute atomic E-state index is 13.8. The number of nitrogens with zero attached hydrogens (tertiary/aromatic N) is 2. The van der Waals surface area contributed by atoms with Crippen LogP contribution >= 0.6 is 11.3 Å². The number of hydrogen-bond donors (Lipinski definition) is 0. The van der Waals surface area contributed by atoms with Crippen LogP contribution in [0, 0.1) is 6.92 Å². The van der Waals surface area contributed by atoms with Crippen LogP contribution < -0.4 is 9.47 Å². The van der Waals surface area contributed by atoms with Gasteiger partial charge >= 0.3 is 0 Å². The van der Waals surface area contributed by atoms with E-state index in [0.717, 1.165) is 24.0 Å². The number of amides is 2. The summed E-state index contributed by atoms with van der Waals surface area (Å²) in [6, 6.07) is 16.8. The Morgan fingerprint density at radius 3 is 2.53 bits per heavy atom. The normalized spacial score (nSPS) is 15.7. The van der Waals surface area contributed by atoms with Crippen molar-refractivity contribution in [2.45, 2.75) is 45.7 Å². The molecule has 0 fully saturated rings. The lowest BCUT2D eigenvalue weighted by Gasteiger charge is -2.38. The minimum absolute atomic E-state index is 0.0341. The summed E-state index contributed by atoms with van der Waals surface area (Å²) in [4.78, 5) is 32.0. The van der Waals surface area contributed by atoms with Gasteiger partial charge in [-0.15, -0.1) is 11.3 Å². The predicted molar refractivity (Wildman–Crippen MR) is 143 cm³/mol. The molecule has 0 bridgehead atoms. The fourth-order valence-corrected chi connectivity index (χ4v) is 5.46. The molecule has 1 aromatic heterocycles. The summed E-state index contributed by atoms with van der Waals surface area (Å²) in [5.41, 5.74) is 2.81. The molecule has 36 heavy (non-hydrogen) atoms. The number of benzene rings is 2. The summed E-state index contributed by atoms with van der Waals surface area (Å²) in [5.74, 6) is 1.11. The first-order valence-corrected chi connectivity index (χ1v) is 13.3. The Balaban J connectivity index is 1.56. The van der Waals surface area contributed by atoms with Crippen LogP contribution in [0.15, 0.2) is 60.0 Å². The zero-order chi connectivity index (χ0) is 25.7. The molecule has 190 valence electrons. The molecule has 0 radical (unpaired) electrons. The van der Waals surface area contributed by atoms with E-state index in [2.05, 4.69) is 11.4 Å². The highest BCUT2D eigenvalue weighted by atomic mass is 32.1. The molecule has 3 aromatic rings. The number of hydrogen-bond acceptors (Lipinski definition) is 5. The molecule has 0 unspecified atom stereocenters. The number of thiophene rings is 1. The van der Waals surface area contributed by atoms with E-state index in [1.807, 2.05) is 74.2 Å². The Hall–Kier alpha value is -3.32. The van der Waals surface area contributed by atoms with Crippen LogP contribution in [-0.4, -0.2) is 54.5 Å². The van der Waals surface area contributed by atoms with Gasteiger partial charge in [0, 0.05) is 23.0 Å². The average Bonchev–Trinajstić information content (AvgIpc) is 3.39. The smallest absolute Gasteiger partial charge is 0.254 e. The monoisotopic (exact) mass is 506 g/mol. The second kappa shape index (κ2) is 11.6. The molecule has 0 saturated carbocycles. The van der Waals surface area contributed by atoms with Crippen LogP contribution in [0.4, 0.5) is 0 Å². The molecule has 2 amide bonds. The fourth-order valence-electron chi connectivity index (χ4n) is 4.53. The van der Waals surface area contributed by atoms with Crippen molar-refractivity contribution in [1.29, 1.82) is 0 Å². The van der Waals surface area contributed by atoms with Crippen molar-refractivity contribution < 1.29 is 19.1 Å². The second-order valence-corrected chi connectivity index (χ2v) is 10.2. The molecule has 0 N–H and O–H groups in total. The Bertz CT molecular complexity index is 1190. The van der Waals surface area contributed by atoms with Gasteiger partial charge < -0.3 is 19.3 Å². The number of aryl methyl sites for hydroxylation is 1. The maximum atomic E-state index is 13.8. The van der Waals surface area contributed by atoms with E-state index in [4.69, 9.17) is 9.47 Å². The van der Waals surface area contributed by atoms with Crippen LogP contribution in [0.2, 0.25) is 0 Å². The van der Waals surface area contributed by atoms with Crippen LogP contribution in [0.3, 0.4) is 0 Å². The van der Waals surface area contributed by atoms with Crippen LogP contribution in [0.25, 0.3) is 0 Å². The molecule has 7 heteroatoms. The van der Waals surface area contributed by atoms with Crippen molar-refractivity contribution in [3.63, 3.8) is 0 Å². The van der Waals surface area contributed by atoms with Gasteiger partial charge in [-0.3, -0.25) is 9.59 Å². The highest BCUT2D eigenvalue weighted by molar-refractivity contribution is 7.10. The molecule has 6 nitrogen and oxygen atoms in total. The van der Waals surface area contributed by atoms with Gasteiger partial charge in [-0.2, -0.15) is 0 Å². The van der Waals surface area contributed by atoms with Crippen molar-refractivity contribution in [3.05, 3.63) is 81.5 Å². The summed E-state index contributed by atoms with van der Waals surface area (Å²) in [6.07, 6.45) is 1.57. The summed E-state index contributed by atoms with van der Waals surface area (Å²) < 4.78 is 11.6. The average molecular weight is 507 g/mol. The van der Waals surface area contributed by atoms with Crippen LogP contribution in [-0.2, 0) is 11.2 Å². The van der Waals surface area contributed by atoms with Gasteiger partial charge in [-0.1, -0.05) is 36.8 Å². The van der Waals surface area contributed by atoms with E-state index >= 15 is 0 Å². The van der Waals surface area contributed by atoms with E-state index in [1.54, 1.807) is 23.3 Å². The minimum atomic E-state index is -0.231. The predicted octanol–water partition coefficient (Wildman–Crippen LogP) is 5.51. The Morgan fingerprint density at radius 1 is 1.11 bits per heavy atom. The zero-order valence-corrected chi connectivity index (χ0v) is 22.2. The minimum Gasteiger partial charge on any atom is -0.493 e. The van der Waals surface area contributed by atoms with Crippen molar-refractivity contribution >= 4 is 23.2 Å². The lowest BCUT2D eigenvalue weighted by Crippen LogP contribution is -2.49. The summed E-state index contributed by atoms with van der Waals surface area (Å²) in [7, 11) is 1.62. The number of fused-ring (bicyclic) bond motifs is 1. The van der Waals surface area contributed by atoms with Crippen LogP contribution in [0.5, 0.6) is 11.5 Å². The van der Waals surface area contributed by atoms with Gasteiger partial charge in [-0.05, 0) is 68.0 Å². The third kappa shape index (κ3) is 5.57. The molecular weight excluding hydrogens is 472 g/mol. The van der Waals surface area contributed by atoms with E-state index in [0.29, 0.717) is 30.2 Å². The van der Waals surface area contributed by atoms with Gasteiger partial charge in [0.25, 0.3) is 5.91 Å². The van der Waals surface area contributed by atoms with Gasteiger partial charge in [0.1, 0.15) is 13.2 Å². The van der Waals surface area contributed by atoms with E-state index < -0.39 is 0 Å². The SMILES string of the molecule is CC[C@H](C)N(CC(=O)N1CCc2sccc2[C@H]1COc1ccccc1OC)C(=O)c1ccc(C)cc1. The van der Waals surface area contributed by atoms with Gasteiger partial charge in [0.15, 0.2) is 11.5 Å². The number of carbonyl (C=O) groups excluding carboxylic acids is 2. The van der Waals surface area contributed by atoms with Crippen molar-refractivity contribution in [2.75, 3.05) is 26.8 Å². The number of carbonyl (C=O) groups is 2. The molecule has 0 saturated heterocycles. The highest BCUT2D eigenvalue weighted by Gasteiger charge is 2.34. The molecular formula is C29H34N2O4S. The van der Waals surface area contributed by atoms with Gasteiger partial charge in [-0.25, -0.2) is 0 Å². The fraction of sp³-hybridized carbons (Fsp3) is 0.379. The third-order valence-corrected chi connectivity index (χ3v) is 7.87. The standard InChI is InChI=1S/C29H34N2O4S/c1-5-21(3)31(29(33)22-12-10-20(2)11-13-22)18-28(32)30-16-14-27-23(15-17-36-27)24(30)19-35-26-9-7-6-8-25(26)34-4/h6-13,15,17,21,24H,5,14,16,18-19H2,1-4H3/t21-,24+/m0/s1. The summed E-state index contributed by atoms with van der Waals surface area (Å²) in [5, 5.41) is 2.07. The summed E-state index contributed by atoms with van der Waals surface area (Å²) in [6.45, 7) is 6.96. The third-order valence-electron chi connectivity index (χ3n) is 6.87. The van der Waals surface area contributed by atoms with Gasteiger partial charge in [0.2, 0.25) is 5.91 Å². The van der Waals surface area contributed by atoms with Crippen molar-refractivity contribution in [3.8, 4) is 11.5 Å². The van der Waals surface area contributed by atoms with E-state index in [9.17, 15) is 9.59 Å². The molecule has 0 spiro atoms. The highest BCUT2D eigenvalue weighted by Crippen LogP contribution is 2.35. The van der Waals surface area contributed by atoms with Crippen molar-refractivity contribution in [1.82, 2.24) is 9.80 Å². The van der Waals surface area contributed by atoms with Gasteiger partial charge in [0.05, 0.1) is 13.2 Å². The topological polar surface area (TPSA) is 59.1 Å².